The van der Waals surface area contributed by atoms with E-state index >= 15 is 0 Å². The predicted molar refractivity (Wildman–Crippen MR) is 75.2 cm³/mol. The Balaban J connectivity index is 1.89. The summed E-state index contributed by atoms with van der Waals surface area (Å²) in [5, 5.41) is 0.676. The zero-order valence-electron chi connectivity index (χ0n) is 10.5. The van der Waals surface area contributed by atoms with Crippen LogP contribution < -0.4 is 10.5 Å². The number of hydrogen-bond acceptors (Lipinski definition) is 3. The first-order chi connectivity index (χ1) is 9.06. The molecule has 1 saturated carbocycles. The number of aromatic amines is 1. The fraction of sp³-hybridized carbons (Fsp3) is 0.385. The zero-order chi connectivity index (χ0) is 13.5. The molecule has 0 radical (unpaired) electrons. The van der Waals surface area contributed by atoms with Crippen LogP contribution in [0.4, 0.5) is 5.69 Å². The molecule has 1 aromatic carbocycles. The first-order valence-electron chi connectivity index (χ1n) is 6.42. The Morgan fingerprint density at radius 2 is 2.16 bits per heavy atom. The lowest BCUT2D eigenvalue weighted by Gasteiger charge is -2.25. The third-order valence-corrected chi connectivity index (χ3v) is 5.21. The first kappa shape index (κ1) is 12.5. The molecule has 0 aliphatic heterocycles. The molecule has 0 bridgehead atoms. The SMILES string of the molecule is Nc1ccc2c(S(=O)(=O)NCC3CCC3)c[nH]c2c1. The van der Waals surface area contributed by atoms with Gasteiger partial charge in [0, 0.05) is 29.3 Å². The Labute approximate surface area is 112 Å². The molecule has 0 atom stereocenters. The molecule has 0 spiro atoms. The standard InChI is InChI=1S/C13H17N3O2S/c14-10-4-5-11-12(6-10)15-8-13(11)19(17,18)16-7-9-2-1-3-9/h4-6,8-9,15-16H,1-3,7,14H2. The van der Waals surface area contributed by atoms with E-state index in [0.29, 0.717) is 28.4 Å². The van der Waals surface area contributed by atoms with Crippen molar-refractivity contribution >= 4 is 26.6 Å². The number of anilines is 1. The van der Waals surface area contributed by atoms with E-state index < -0.39 is 10.0 Å². The van der Waals surface area contributed by atoms with Crippen LogP contribution in [0.1, 0.15) is 19.3 Å². The molecule has 1 aromatic heterocycles. The van der Waals surface area contributed by atoms with E-state index in [1.165, 1.54) is 12.6 Å². The van der Waals surface area contributed by atoms with Crippen LogP contribution in [-0.2, 0) is 10.0 Å². The lowest BCUT2D eigenvalue weighted by molar-refractivity contribution is 0.316. The zero-order valence-corrected chi connectivity index (χ0v) is 11.3. The summed E-state index contributed by atoms with van der Waals surface area (Å²) in [6.07, 6.45) is 4.96. The van der Waals surface area contributed by atoms with Crippen molar-refractivity contribution in [3.05, 3.63) is 24.4 Å². The third kappa shape index (κ3) is 2.33. The summed E-state index contributed by atoms with van der Waals surface area (Å²) in [6, 6.07) is 5.18. The maximum Gasteiger partial charge on any atom is 0.242 e. The number of benzene rings is 1. The molecular formula is C13H17N3O2S. The summed E-state index contributed by atoms with van der Waals surface area (Å²) in [7, 11) is -3.45. The van der Waals surface area contributed by atoms with Crippen LogP contribution in [0.15, 0.2) is 29.3 Å². The Hall–Kier alpha value is -1.53. The summed E-state index contributed by atoms with van der Waals surface area (Å²) in [6.45, 7) is 0.532. The van der Waals surface area contributed by atoms with Crippen molar-refractivity contribution < 1.29 is 8.42 Å². The van der Waals surface area contributed by atoms with E-state index in [4.69, 9.17) is 5.73 Å². The van der Waals surface area contributed by atoms with Gasteiger partial charge in [-0.05, 0) is 37.0 Å². The number of nitrogens with one attached hydrogen (secondary N) is 2. The second-order valence-electron chi connectivity index (χ2n) is 5.11. The van der Waals surface area contributed by atoms with Crippen LogP contribution in [0.25, 0.3) is 10.9 Å². The lowest BCUT2D eigenvalue weighted by atomic mass is 9.86. The molecule has 2 aromatic rings. The molecule has 102 valence electrons. The molecule has 1 fully saturated rings. The van der Waals surface area contributed by atoms with Gasteiger partial charge in [-0.2, -0.15) is 0 Å². The van der Waals surface area contributed by atoms with E-state index in [2.05, 4.69) is 9.71 Å². The van der Waals surface area contributed by atoms with Gasteiger partial charge >= 0.3 is 0 Å². The van der Waals surface area contributed by atoms with Crippen molar-refractivity contribution in [3.63, 3.8) is 0 Å². The quantitative estimate of drug-likeness (QED) is 0.746. The molecule has 4 N–H and O–H groups in total. The second-order valence-corrected chi connectivity index (χ2v) is 6.84. The van der Waals surface area contributed by atoms with Crippen molar-refractivity contribution in [1.29, 1.82) is 0 Å². The van der Waals surface area contributed by atoms with Gasteiger partial charge in [0.05, 0.1) is 0 Å². The van der Waals surface area contributed by atoms with E-state index in [1.807, 2.05) is 0 Å². The van der Waals surface area contributed by atoms with Gasteiger partial charge in [-0.25, -0.2) is 13.1 Å². The summed E-state index contributed by atoms with van der Waals surface area (Å²) in [5.74, 6) is 0.496. The molecule has 1 aliphatic carbocycles. The minimum absolute atomic E-state index is 0.293. The van der Waals surface area contributed by atoms with Gasteiger partial charge < -0.3 is 10.7 Å². The van der Waals surface area contributed by atoms with Gasteiger partial charge in [0.25, 0.3) is 0 Å². The molecule has 0 saturated heterocycles. The highest BCUT2D eigenvalue weighted by atomic mass is 32.2. The van der Waals surface area contributed by atoms with Crippen LogP contribution in [0.2, 0.25) is 0 Å². The van der Waals surface area contributed by atoms with Crippen LogP contribution in [-0.4, -0.2) is 19.9 Å². The van der Waals surface area contributed by atoms with Crippen molar-refractivity contribution in [2.24, 2.45) is 5.92 Å². The number of aromatic nitrogens is 1. The molecule has 19 heavy (non-hydrogen) atoms. The average Bonchev–Trinajstić information content (AvgIpc) is 2.70. The van der Waals surface area contributed by atoms with Gasteiger partial charge in [0.2, 0.25) is 10.0 Å². The molecule has 6 heteroatoms. The lowest BCUT2D eigenvalue weighted by Crippen LogP contribution is -2.32. The number of rotatable bonds is 4. The van der Waals surface area contributed by atoms with Crippen LogP contribution in [0, 0.1) is 5.92 Å². The maximum atomic E-state index is 12.3. The van der Waals surface area contributed by atoms with Gasteiger partial charge in [-0.15, -0.1) is 0 Å². The number of hydrogen-bond donors (Lipinski definition) is 3. The topological polar surface area (TPSA) is 88.0 Å². The van der Waals surface area contributed by atoms with Crippen molar-refractivity contribution in [1.82, 2.24) is 9.71 Å². The van der Waals surface area contributed by atoms with E-state index in [9.17, 15) is 8.42 Å². The number of nitrogens with two attached hydrogens (primary N) is 1. The van der Waals surface area contributed by atoms with Crippen molar-refractivity contribution in [2.45, 2.75) is 24.2 Å². The highest BCUT2D eigenvalue weighted by molar-refractivity contribution is 7.89. The Morgan fingerprint density at radius 1 is 1.37 bits per heavy atom. The minimum atomic E-state index is -3.45. The Bertz CT molecular complexity index is 702. The normalized spacial score (nSPS) is 16.6. The smallest absolute Gasteiger partial charge is 0.242 e. The number of fused-ring (bicyclic) bond motifs is 1. The minimum Gasteiger partial charge on any atom is -0.399 e. The largest absolute Gasteiger partial charge is 0.399 e. The Morgan fingerprint density at radius 3 is 2.84 bits per heavy atom. The van der Waals surface area contributed by atoms with E-state index in [0.717, 1.165) is 18.4 Å². The molecule has 1 aliphatic rings. The highest BCUT2D eigenvalue weighted by Crippen LogP contribution is 2.27. The summed E-state index contributed by atoms with van der Waals surface area (Å²) >= 11 is 0. The third-order valence-electron chi connectivity index (χ3n) is 3.74. The monoisotopic (exact) mass is 279 g/mol. The predicted octanol–water partition coefficient (Wildman–Crippen LogP) is 1.83. The van der Waals surface area contributed by atoms with Gasteiger partial charge in [0.1, 0.15) is 4.90 Å². The van der Waals surface area contributed by atoms with Crippen LogP contribution in [0.5, 0.6) is 0 Å². The van der Waals surface area contributed by atoms with Gasteiger partial charge in [-0.3, -0.25) is 0 Å². The maximum absolute atomic E-state index is 12.3. The summed E-state index contributed by atoms with van der Waals surface area (Å²) in [5.41, 5.74) is 7.03. The van der Waals surface area contributed by atoms with Crippen LogP contribution >= 0.6 is 0 Å². The first-order valence-corrected chi connectivity index (χ1v) is 7.91. The molecule has 0 amide bonds. The van der Waals surface area contributed by atoms with E-state index in [1.54, 1.807) is 18.2 Å². The van der Waals surface area contributed by atoms with Crippen molar-refractivity contribution in [2.75, 3.05) is 12.3 Å². The molecule has 3 rings (SSSR count). The fourth-order valence-corrected chi connectivity index (χ4v) is 3.63. The average molecular weight is 279 g/mol. The van der Waals surface area contributed by atoms with Crippen molar-refractivity contribution in [3.8, 4) is 0 Å². The van der Waals surface area contributed by atoms with Gasteiger partial charge in [-0.1, -0.05) is 6.42 Å². The Kier molecular flexibility index (Phi) is 2.99. The molecule has 0 unspecified atom stereocenters. The summed E-state index contributed by atoms with van der Waals surface area (Å²) in [4.78, 5) is 3.24. The molecule has 5 nitrogen and oxygen atoms in total. The number of H-pyrrole nitrogens is 1. The van der Waals surface area contributed by atoms with Crippen LogP contribution in [0.3, 0.4) is 0 Å². The fourth-order valence-electron chi connectivity index (χ4n) is 2.34. The molecular weight excluding hydrogens is 262 g/mol. The van der Waals surface area contributed by atoms with E-state index in [-0.39, 0.29) is 0 Å². The molecule has 1 heterocycles. The number of sulfonamides is 1. The second kappa shape index (κ2) is 4.54. The number of nitrogen functional groups attached to an aromatic ring is 1. The highest BCUT2D eigenvalue weighted by Gasteiger charge is 2.23. The van der Waals surface area contributed by atoms with Gasteiger partial charge in [0.15, 0.2) is 0 Å². The summed E-state index contributed by atoms with van der Waals surface area (Å²) < 4.78 is 27.2.